The van der Waals surface area contributed by atoms with Crippen molar-refractivity contribution in [1.82, 2.24) is 4.90 Å². The van der Waals surface area contributed by atoms with E-state index in [-0.39, 0.29) is 12.4 Å². The topological polar surface area (TPSA) is 66.9 Å². The zero-order valence-electron chi connectivity index (χ0n) is 24.1. The molecule has 6 nitrogen and oxygen atoms in total. The molecule has 0 N–H and O–H groups in total. The monoisotopic (exact) mass is 560 g/mol. The number of rotatable bonds is 11. The van der Waals surface area contributed by atoms with E-state index in [0.717, 1.165) is 21.7 Å². The van der Waals surface area contributed by atoms with Crippen LogP contribution in [0.2, 0.25) is 0 Å². The summed E-state index contributed by atoms with van der Waals surface area (Å²) in [6.45, 7) is 4.88. The van der Waals surface area contributed by atoms with E-state index in [1.165, 1.54) is 18.1 Å². The van der Waals surface area contributed by atoms with Crippen LogP contribution in [0.25, 0.3) is 0 Å². The van der Waals surface area contributed by atoms with Crippen LogP contribution in [0, 0.1) is 5.92 Å². The standard InChI is InChI=1S/C36H36N2O4/c1-3-32(34(26(2)39)35(40)38-33(25-42-36(38)41)29-18-11-6-12-19-29)30-20-13-21-31(22-30)37(23-27-14-7-4-8-15-27)24-28-16-9-5-10-17-28/h4-22,32-34H,3,23-25H2,1-2H3/t32-,33+,34?/m0/s1. The summed E-state index contributed by atoms with van der Waals surface area (Å²) in [5.41, 5.74) is 5.05. The summed E-state index contributed by atoms with van der Waals surface area (Å²) < 4.78 is 5.31. The lowest BCUT2D eigenvalue weighted by atomic mass is 9.80. The van der Waals surface area contributed by atoms with Crippen molar-refractivity contribution in [3.8, 4) is 0 Å². The Morgan fingerprint density at radius 1 is 0.833 bits per heavy atom. The Hall–Kier alpha value is -4.71. The van der Waals surface area contributed by atoms with Gasteiger partial charge in [-0.15, -0.1) is 0 Å². The highest BCUT2D eigenvalue weighted by Gasteiger charge is 2.45. The molecule has 6 heteroatoms. The van der Waals surface area contributed by atoms with Crippen LogP contribution >= 0.6 is 0 Å². The molecule has 5 rings (SSSR count). The number of ether oxygens (including phenoxy) is 1. The maximum atomic E-state index is 14.0. The van der Waals surface area contributed by atoms with Gasteiger partial charge in [-0.1, -0.05) is 110 Å². The maximum Gasteiger partial charge on any atom is 0.417 e. The normalized spacial score (nSPS) is 16.0. The number of hydrogen-bond donors (Lipinski definition) is 0. The van der Waals surface area contributed by atoms with Crippen LogP contribution in [-0.2, 0) is 27.4 Å². The lowest BCUT2D eigenvalue weighted by Crippen LogP contribution is -2.43. The third-order valence-corrected chi connectivity index (χ3v) is 7.94. The molecule has 4 aromatic rings. The molecule has 1 saturated heterocycles. The molecule has 1 aliphatic rings. The smallest absolute Gasteiger partial charge is 0.417 e. The van der Waals surface area contributed by atoms with Crippen molar-refractivity contribution in [2.75, 3.05) is 11.5 Å². The van der Waals surface area contributed by atoms with E-state index >= 15 is 0 Å². The number of imide groups is 1. The predicted molar refractivity (Wildman–Crippen MR) is 164 cm³/mol. The third-order valence-electron chi connectivity index (χ3n) is 7.94. The molecule has 1 fully saturated rings. The third kappa shape index (κ3) is 6.44. The quantitative estimate of drug-likeness (QED) is 0.180. The molecule has 42 heavy (non-hydrogen) atoms. The van der Waals surface area contributed by atoms with E-state index < -0.39 is 29.9 Å². The molecule has 0 aliphatic carbocycles. The molecule has 3 atom stereocenters. The Bertz CT molecular complexity index is 1470. The summed E-state index contributed by atoms with van der Waals surface area (Å²) in [6.07, 6.45) is -0.156. The van der Waals surface area contributed by atoms with Gasteiger partial charge >= 0.3 is 6.09 Å². The van der Waals surface area contributed by atoms with Crippen LogP contribution in [0.5, 0.6) is 0 Å². The van der Waals surface area contributed by atoms with E-state index in [1.54, 1.807) is 0 Å². The van der Waals surface area contributed by atoms with Gasteiger partial charge in [0.05, 0.1) is 0 Å². The molecular formula is C36H36N2O4. The van der Waals surface area contributed by atoms with Crippen LogP contribution in [-0.4, -0.2) is 29.3 Å². The fraction of sp³-hybridized carbons (Fsp3) is 0.250. The first-order valence-electron chi connectivity index (χ1n) is 14.4. The number of anilines is 1. The fourth-order valence-electron chi connectivity index (χ4n) is 5.83. The van der Waals surface area contributed by atoms with Crippen LogP contribution in [0.4, 0.5) is 10.5 Å². The number of benzene rings is 4. The van der Waals surface area contributed by atoms with Crippen molar-refractivity contribution in [2.45, 2.75) is 45.3 Å². The van der Waals surface area contributed by atoms with Gasteiger partial charge in [-0.3, -0.25) is 9.59 Å². The largest absolute Gasteiger partial charge is 0.446 e. The lowest BCUT2D eigenvalue weighted by Gasteiger charge is -2.30. The second kappa shape index (κ2) is 13.3. The summed E-state index contributed by atoms with van der Waals surface area (Å²) >= 11 is 0. The molecule has 1 heterocycles. The summed E-state index contributed by atoms with van der Waals surface area (Å²) in [7, 11) is 0. The average molecular weight is 561 g/mol. The van der Waals surface area contributed by atoms with E-state index in [1.807, 2.05) is 85.8 Å². The molecule has 0 spiro atoms. The molecule has 0 radical (unpaired) electrons. The van der Waals surface area contributed by atoms with Gasteiger partial charge in [0.15, 0.2) is 0 Å². The molecule has 2 amide bonds. The van der Waals surface area contributed by atoms with Crippen molar-refractivity contribution >= 4 is 23.5 Å². The van der Waals surface area contributed by atoms with E-state index in [9.17, 15) is 14.4 Å². The second-order valence-corrected chi connectivity index (χ2v) is 10.7. The fourth-order valence-corrected chi connectivity index (χ4v) is 5.83. The molecule has 1 aliphatic heterocycles. The average Bonchev–Trinajstić information content (AvgIpc) is 3.41. The SMILES string of the molecule is CC[C@@H](c1cccc(N(Cc2ccccc2)Cc2ccccc2)c1)C(C(C)=O)C(=O)N1C(=O)OC[C@@H]1c1ccccc1. The summed E-state index contributed by atoms with van der Waals surface area (Å²) in [5, 5.41) is 0. The Kier molecular flexibility index (Phi) is 9.12. The van der Waals surface area contributed by atoms with Crippen LogP contribution in [0.3, 0.4) is 0 Å². The van der Waals surface area contributed by atoms with Gasteiger partial charge in [0.2, 0.25) is 5.91 Å². The van der Waals surface area contributed by atoms with Gasteiger partial charge in [-0.2, -0.15) is 0 Å². The van der Waals surface area contributed by atoms with Crippen molar-refractivity contribution in [3.05, 3.63) is 138 Å². The molecule has 0 bridgehead atoms. The van der Waals surface area contributed by atoms with Gasteiger partial charge in [-0.05, 0) is 47.7 Å². The van der Waals surface area contributed by atoms with Crippen molar-refractivity contribution in [2.24, 2.45) is 5.92 Å². The number of cyclic esters (lactones) is 1. The maximum absolute atomic E-state index is 14.0. The number of carbonyl (C=O) groups is 3. The van der Waals surface area contributed by atoms with E-state index in [0.29, 0.717) is 19.5 Å². The summed E-state index contributed by atoms with van der Waals surface area (Å²) in [4.78, 5) is 43.5. The second-order valence-electron chi connectivity index (χ2n) is 10.7. The first-order valence-corrected chi connectivity index (χ1v) is 14.4. The Morgan fingerprint density at radius 3 is 1.95 bits per heavy atom. The van der Waals surface area contributed by atoms with Gasteiger partial charge < -0.3 is 9.64 Å². The first kappa shape index (κ1) is 28.8. The highest BCUT2D eigenvalue weighted by atomic mass is 16.6. The highest BCUT2D eigenvalue weighted by molar-refractivity contribution is 6.06. The molecule has 4 aromatic carbocycles. The van der Waals surface area contributed by atoms with Gasteiger partial charge in [-0.25, -0.2) is 9.69 Å². The van der Waals surface area contributed by atoms with E-state index in [4.69, 9.17) is 4.74 Å². The number of amides is 2. The first-order chi connectivity index (χ1) is 20.5. The zero-order valence-corrected chi connectivity index (χ0v) is 24.1. The minimum Gasteiger partial charge on any atom is -0.446 e. The summed E-state index contributed by atoms with van der Waals surface area (Å²) in [5.74, 6) is -2.20. The zero-order chi connectivity index (χ0) is 29.5. The number of carbonyl (C=O) groups excluding carboxylic acids is 3. The molecule has 214 valence electrons. The van der Waals surface area contributed by atoms with E-state index in [2.05, 4.69) is 41.3 Å². The Labute approximate surface area is 247 Å². The van der Waals surface area contributed by atoms with Crippen LogP contribution in [0.15, 0.2) is 115 Å². The van der Waals surface area contributed by atoms with Gasteiger partial charge in [0.25, 0.3) is 0 Å². The number of hydrogen-bond acceptors (Lipinski definition) is 5. The molecule has 0 aromatic heterocycles. The minimum atomic E-state index is -1.01. The van der Waals surface area contributed by atoms with Gasteiger partial charge in [0, 0.05) is 24.7 Å². The van der Waals surface area contributed by atoms with Crippen molar-refractivity contribution in [3.63, 3.8) is 0 Å². The molecular weight excluding hydrogens is 524 g/mol. The van der Waals surface area contributed by atoms with Crippen molar-refractivity contribution < 1.29 is 19.1 Å². The Morgan fingerprint density at radius 2 is 1.40 bits per heavy atom. The Balaban J connectivity index is 1.47. The van der Waals surface area contributed by atoms with Gasteiger partial charge in [0.1, 0.15) is 24.3 Å². The summed E-state index contributed by atoms with van der Waals surface area (Å²) in [6, 6.07) is 37.5. The minimum absolute atomic E-state index is 0.0689. The van der Waals surface area contributed by atoms with Crippen LogP contribution in [0.1, 0.15) is 54.5 Å². The predicted octanol–water partition coefficient (Wildman–Crippen LogP) is 7.31. The number of Topliss-reactive ketones (excluding diaryl/α,β-unsaturated/α-hetero) is 1. The lowest BCUT2D eigenvalue weighted by molar-refractivity contribution is -0.140. The highest BCUT2D eigenvalue weighted by Crippen LogP contribution is 2.37. The molecule has 0 saturated carbocycles. The number of ketones is 1. The number of nitrogens with zero attached hydrogens (tertiary/aromatic N) is 2. The molecule has 1 unspecified atom stereocenters. The van der Waals surface area contributed by atoms with Crippen LogP contribution < -0.4 is 4.90 Å². The van der Waals surface area contributed by atoms with Crippen molar-refractivity contribution in [1.29, 1.82) is 0 Å².